The Balaban J connectivity index is 1.86. The maximum absolute atomic E-state index is 13.7. The van der Waals surface area contributed by atoms with Crippen LogP contribution in [0.5, 0.6) is 0 Å². The number of hydrogen-bond acceptors (Lipinski definition) is 2. The van der Waals surface area contributed by atoms with E-state index in [4.69, 9.17) is 0 Å². The summed E-state index contributed by atoms with van der Waals surface area (Å²) < 4.78 is 42.0. The van der Waals surface area contributed by atoms with E-state index in [0.717, 1.165) is 12.1 Å². The van der Waals surface area contributed by atoms with E-state index in [0.29, 0.717) is 17.5 Å². The minimum Gasteiger partial charge on any atom is -0.336 e. The van der Waals surface area contributed by atoms with Crippen LogP contribution in [0, 0.1) is 17.5 Å². The molecule has 1 heterocycles. The number of halogens is 3. The second kappa shape index (κ2) is 7.30. The molecule has 0 saturated carbocycles. The zero-order valence-electron chi connectivity index (χ0n) is 13.7. The average Bonchev–Trinajstić information content (AvgIpc) is 3.01. The van der Waals surface area contributed by atoms with Crippen molar-refractivity contribution in [2.24, 2.45) is 7.05 Å². The summed E-state index contributed by atoms with van der Waals surface area (Å²) in [4.78, 5) is 16.5. The first-order chi connectivity index (χ1) is 12.4. The summed E-state index contributed by atoms with van der Waals surface area (Å²) in [7, 11) is 1.73. The van der Waals surface area contributed by atoms with Crippen molar-refractivity contribution in [3.63, 3.8) is 0 Å². The van der Waals surface area contributed by atoms with Crippen LogP contribution in [0.1, 0.15) is 17.4 Å². The quantitative estimate of drug-likeness (QED) is 0.745. The molecule has 3 rings (SSSR count). The Labute approximate surface area is 147 Å². The second-order valence-electron chi connectivity index (χ2n) is 5.61. The second-order valence-corrected chi connectivity index (χ2v) is 5.61. The summed E-state index contributed by atoms with van der Waals surface area (Å²) in [5.41, 5.74) is 0.288. The summed E-state index contributed by atoms with van der Waals surface area (Å²) in [6.07, 6.45) is 3.22. The highest BCUT2D eigenvalue weighted by molar-refractivity contribution is 5.89. The van der Waals surface area contributed by atoms with Crippen molar-refractivity contribution >= 4 is 11.7 Å². The molecular weight excluding hydrogens is 345 g/mol. The van der Waals surface area contributed by atoms with Crippen LogP contribution in [0.15, 0.2) is 54.9 Å². The first kappa shape index (κ1) is 17.5. The largest absolute Gasteiger partial charge is 0.336 e. The molecule has 2 N–H and O–H groups in total. The molecule has 0 saturated heterocycles. The van der Waals surface area contributed by atoms with Crippen molar-refractivity contribution < 1.29 is 18.0 Å². The number of rotatable bonds is 4. The number of anilines is 1. The molecule has 0 bridgehead atoms. The summed E-state index contributed by atoms with van der Waals surface area (Å²) in [5.74, 6) is -1.66. The highest BCUT2D eigenvalue weighted by Crippen LogP contribution is 2.22. The number of benzene rings is 2. The Morgan fingerprint density at radius 1 is 1.12 bits per heavy atom. The first-order valence-electron chi connectivity index (χ1n) is 7.69. The molecule has 3 aromatic rings. The van der Waals surface area contributed by atoms with Crippen molar-refractivity contribution in [2.45, 2.75) is 6.04 Å². The molecule has 0 fully saturated rings. The number of nitrogens with zero attached hydrogens (tertiary/aromatic N) is 2. The molecule has 134 valence electrons. The molecule has 8 heteroatoms. The maximum atomic E-state index is 13.7. The maximum Gasteiger partial charge on any atom is 0.320 e. The number of imidazole rings is 1. The van der Waals surface area contributed by atoms with E-state index < -0.39 is 29.5 Å². The van der Waals surface area contributed by atoms with Gasteiger partial charge in [-0.3, -0.25) is 0 Å². The number of nitrogens with one attached hydrogen (secondary N) is 2. The van der Waals surface area contributed by atoms with Gasteiger partial charge in [-0.05, 0) is 29.8 Å². The van der Waals surface area contributed by atoms with Crippen LogP contribution in [0.2, 0.25) is 0 Å². The Morgan fingerprint density at radius 3 is 2.54 bits per heavy atom. The molecule has 1 aromatic heterocycles. The van der Waals surface area contributed by atoms with Crippen LogP contribution >= 0.6 is 0 Å². The molecule has 2 aromatic carbocycles. The number of hydrogen-bond donors (Lipinski definition) is 2. The van der Waals surface area contributed by atoms with E-state index in [2.05, 4.69) is 15.6 Å². The van der Waals surface area contributed by atoms with Gasteiger partial charge in [-0.2, -0.15) is 0 Å². The fraction of sp³-hybridized carbons (Fsp3) is 0.111. The van der Waals surface area contributed by atoms with Gasteiger partial charge in [0, 0.05) is 25.5 Å². The molecular formula is C18H15F3N4O. The van der Waals surface area contributed by atoms with Crippen molar-refractivity contribution in [1.29, 1.82) is 0 Å². The summed E-state index contributed by atoms with van der Waals surface area (Å²) in [5, 5.41) is 4.94. The third-order valence-electron chi connectivity index (χ3n) is 3.75. The summed E-state index contributed by atoms with van der Waals surface area (Å²) >= 11 is 0. The molecule has 5 nitrogen and oxygen atoms in total. The number of amides is 2. The number of aromatic nitrogens is 2. The van der Waals surface area contributed by atoms with Gasteiger partial charge in [0.25, 0.3) is 0 Å². The van der Waals surface area contributed by atoms with Crippen molar-refractivity contribution in [1.82, 2.24) is 14.9 Å². The molecule has 2 amide bonds. The lowest BCUT2D eigenvalue weighted by atomic mass is 10.1. The van der Waals surface area contributed by atoms with Gasteiger partial charge in [-0.1, -0.05) is 12.1 Å². The van der Waals surface area contributed by atoms with Gasteiger partial charge in [-0.25, -0.2) is 22.9 Å². The van der Waals surface area contributed by atoms with E-state index in [1.54, 1.807) is 30.1 Å². The minimum absolute atomic E-state index is 0.179. The highest BCUT2D eigenvalue weighted by atomic mass is 19.1. The van der Waals surface area contributed by atoms with Crippen LogP contribution in [0.25, 0.3) is 0 Å². The smallest absolute Gasteiger partial charge is 0.320 e. The van der Waals surface area contributed by atoms with Crippen LogP contribution in [0.3, 0.4) is 0 Å². The standard InChI is InChI=1S/C18H15F3N4O/c1-25-8-7-22-17(25)16(11-3-2-4-12(19)9-11)24-18(26)23-15-6-5-13(20)10-14(15)21/h2-10,16H,1H3,(H2,23,24,26)/t16-/m1/s1. The van der Waals surface area contributed by atoms with E-state index >= 15 is 0 Å². The van der Waals surface area contributed by atoms with Gasteiger partial charge in [0.15, 0.2) is 0 Å². The molecule has 0 aliphatic rings. The van der Waals surface area contributed by atoms with Crippen LogP contribution < -0.4 is 10.6 Å². The lowest BCUT2D eigenvalue weighted by Crippen LogP contribution is -2.34. The monoisotopic (exact) mass is 360 g/mol. The molecule has 1 atom stereocenters. The van der Waals surface area contributed by atoms with E-state index in [-0.39, 0.29) is 5.69 Å². The number of aryl methyl sites for hydroxylation is 1. The molecule has 0 aliphatic heterocycles. The fourth-order valence-corrected chi connectivity index (χ4v) is 2.52. The van der Waals surface area contributed by atoms with Crippen molar-refractivity contribution in [3.8, 4) is 0 Å². The van der Waals surface area contributed by atoms with Gasteiger partial charge in [0.1, 0.15) is 29.3 Å². The molecule has 0 radical (unpaired) electrons. The fourth-order valence-electron chi connectivity index (χ4n) is 2.52. The van der Waals surface area contributed by atoms with Crippen molar-refractivity contribution in [2.75, 3.05) is 5.32 Å². The molecule has 0 aliphatic carbocycles. The van der Waals surface area contributed by atoms with Crippen molar-refractivity contribution in [3.05, 3.63) is 83.7 Å². The predicted molar refractivity (Wildman–Crippen MR) is 90.0 cm³/mol. The minimum atomic E-state index is -0.903. The van der Waals surface area contributed by atoms with Crippen LogP contribution in [0.4, 0.5) is 23.7 Å². The van der Waals surface area contributed by atoms with E-state index in [9.17, 15) is 18.0 Å². The van der Waals surface area contributed by atoms with Crippen LogP contribution in [-0.2, 0) is 7.05 Å². The molecule has 0 spiro atoms. The lowest BCUT2D eigenvalue weighted by molar-refractivity contribution is 0.249. The zero-order valence-corrected chi connectivity index (χ0v) is 13.7. The average molecular weight is 360 g/mol. The number of carbonyl (C=O) groups excluding carboxylic acids is 1. The highest BCUT2D eigenvalue weighted by Gasteiger charge is 2.21. The van der Waals surface area contributed by atoms with E-state index in [1.165, 1.54) is 18.2 Å². The molecule has 0 unspecified atom stereocenters. The SMILES string of the molecule is Cn1ccnc1[C@H](NC(=O)Nc1ccc(F)cc1F)c1cccc(F)c1. The third-order valence-corrected chi connectivity index (χ3v) is 3.75. The normalized spacial score (nSPS) is 11.8. The Kier molecular flexibility index (Phi) is 4.92. The van der Waals surface area contributed by atoms with Gasteiger partial charge < -0.3 is 15.2 Å². The number of carbonyl (C=O) groups is 1. The Morgan fingerprint density at radius 2 is 1.88 bits per heavy atom. The van der Waals surface area contributed by atoms with Gasteiger partial charge >= 0.3 is 6.03 Å². The Hall–Kier alpha value is -3.29. The topological polar surface area (TPSA) is 59.0 Å². The zero-order chi connectivity index (χ0) is 18.7. The summed E-state index contributed by atoms with van der Waals surface area (Å²) in [6, 6.07) is 7.01. The van der Waals surface area contributed by atoms with E-state index in [1.807, 2.05) is 0 Å². The third kappa shape index (κ3) is 3.85. The number of urea groups is 1. The Bertz CT molecular complexity index is 942. The van der Waals surface area contributed by atoms with Crippen LogP contribution in [-0.4, -0.2) is 15.6 Å². The van der Waals surface area contributed by atoms with Gasteiger partial charge in [0.05, 0.1) is 5.69 Å². The van der Waals surface area contributed by atoms with Gasteiger partial charge in [-0.15, -0.1) is 0 Å². The first-order valence-corrected chi connectivity index (χ1v) is 7.69. The lowest BCUT2D eigenvalue weighted by Gasteiger charge is -2.19. The molecule has 26 heavy (non-hydrogen) atoms. The van der Waals surface area contributed by atoms with Gasteiger partial charge in [0.2, 0.25) is 0 Å². The summed E-state index contributed by atoms with van der Waals surface area (Å²) in [6.45, 7) is 0. The predicted octanol–water partition coefficient (Wildman–Crippen LogP) is 3.75.